The number of carbonyl (C=O) groups is 1. The molecule has 1 N–H and O–H groups in total. The lowest BCUT2D eigenvalue weighted by atomic mass is 9.92. The van der Waals surface area contributed by atoms with Crippen LogP contribution in [0.5, 0.6) is 0 Å². The van der Waals surface area contributed by atoms with E-state index in [1.54, 1.807) is 24.3 Å². The van der Waals surface area contributed by atoms with Crippen LogP contribution in [0, 0.1) is 0 Å². The molecule has 1 aliphatic carbocycles. The SMILES string of the molecule is C=C(CCc1noc(-c2ccc(Cl)cc2)n1)NC(=O)COC1CC(OC(F)(F)F)C1. The number of rotatable bonds is 9. The van der Waals surface area contributed by atoms with Gasteiger partial charge in [0.2, 0.25) is 5.91 Å². The molecule has 0 aliphatic heterocycles. The summed E-state index contributed by atoms with van der Waals surface area (Å²) in [5.74, 6) is 0.380. The average Bonchev–Trinajstić information content (AvgIpc) is 3.10. The van der Waals surface area contributed by atoms with E-state index < -0.39 is 24.5 Å². The van der Waals surface area contributed by atoms with Crippen molar-refractivity contribution in [2.75, 3.05) is 6.61 Å². The first-order chi connectivity index (χ1) is 14.2. The van der Waals surface area contributed by atoms with Gasteiger partial charge in [-0.25, -0.2) is 0 Å². The minimum absolute atomic E-state index is 0.0987. The predicted molar refractivity (Wildman–Crippen MR) is 100 cm³/mol. The number of hydrogen-bond donors (Lipinski definition) is 1. The Bertz CT molecular complexity index is 880. The Kier molecular flexibility index (Phi) is 7.11. The Labute approximate surface area is 175 Å². The molecular weight excluding hydrogens is 427 g/mol. The number of hydrogen-bond acceptors (Lipinski definition) is 6. The fourth-order valence-electron chi connectivity index (χ4n) is 2.76. The first-order valence-corrected chi connectivity index (χ1v) is 9.48. The van der Waals surface area contributed by atoms with Gasteiger partial charge in [0.1, 0.15) is 6.61 Å². The Morgan fingerprint density at radius 1 is 1.27 bits per heavy atom. The number of halogens is 4. The number of allylic oxidation sites excluding steroid dienone is 1. The van der Waals surface area contributed by atoms with E-state index in [9.17, 15) is 18.0 Å². The predicted octanol–water partition coefficient (Wildman–Crippen LogP) is 4.04. The number of aryl methyl sites for hydroxylation is 1. The standard InChI is InChI=1S/C19H19ClF3N3O4/c1-11(24-17(27)10-28-14-8-15(9-14)29-19(21,22)23)2-7-16-25-18(30-26-16)12-3-5-13(20)6-4-12/h3-6,14-15H,1-2,7-10H2,(H,24,27). The maximum atomic E-state index is 12.1. The highest BCUT2D eigenvalue weighted by molar-refractivity contribution is 6.30. The summed E-state index contributed by atoms with van der Waals surface area (Å²) in [5, 5.41) is 7.06. The molecule has 2 aromatic rings. The van der Waals surface area contributed by atoms with Gasteiger partial charge in [-0.1, -0.05) is 23.3 Å². The molecule has 0 radical (unpaired) electrons. The maximum absolute atomic E-state index is 12.1. The van der Waals surface area contributed by atoms with E-state index >= 15 is 0 Å². The molecule has 1 saturated carbocycles. The minimum Gasteiger partial charge on any atom is -0.368 e. The third kappa shape index (κ3) is 6.82. The van der Waals surface area contributed by atoms with Crippen LogP contribution in [0.1, 0.15) is 25.1 Å². The third-order valence-corrected chi connectivity index (χ3v) is 4.58. The van der Waals surface area contributed by atoms with E-state index in [2.05, 4.69) is 26.8 Å². The highest BCUT2D eigenvalue weighted by atomic mass is 35.5. The van der Waals surface area contributed by atoms with Crippen LogP contribution in [0.4, 0.5) is 13.2 Å². The smallest absolute Gasteiger partial charge is 0.368 e. The summed E-state index contributed by atoms with van der Waals surface area (Å²) < 4.78 is 50.5. The van der Waals surface area contributed by atoms with Crippen molar-refractivity contribution >= 4 is 17.5 Å². The van der Waals surface area contributed by atoms with Gasteiger partial charge in [-0.2, -0.15) is 4.98 Å². The van der Waals surface area contributed by atoms with Crippen molar-refractivity contribution < 1.29 is 32.0 Å². The summed E-state index contributed by atoms with van der Waals surface area (Å²) >= 11 is 5.84. The van der Waals surface area contributed by atoms with Gasteiger partial charge in [0.05, 0.1) is 12.2 Å². The largest absolute Gasteiger partial charge is 0.522 e. The zero-order valence-electron chi connectivity index (χ0n) is 15.7. The first kappa shape index (κ1) is 22.3. The third-order valence-electron chi connectivity index (χ3n) is 4.33. The van der Waals surface area contributed by atoms with Crippen molar-refractivity contribution in [1.82, 2.24) is 15.5 Å². The van der Waals surface area contributed by atoms with Crippen LogP contribution < -0.4 is 5.32 Å². The van der Waals surface area contributed by atoms with Gasteiger partial charge in [-0.15, -0.1) is 13.2 Å². The van der Waals surface area contributed by atoms with Crippen LogP contribution in [0.2, 0.25) is 5.02 Å². The van der Waals surface area contributed by atoms with Gasteiger partial charge in [0.25, 0.3) is 5.89 Å². The number of nitrogens with one attached hydrogen (secondary N) is 1. The number of alkyl halides is 3. The van der Waals surface area contributed by atoms with Gasteiger partial charge in [0, 0.05) is 35.5 Å². The molecule has 0 saturated heterocycles. The van der Waals surface area contributed by atoms with Crippen molar-refractivity contribution in [2.24, 2.45) is 0 Å². The molecule has 162 valence electrons. The van der Waals surface area contributed by atoms with Crippen molar-refractivity contribution in [3.63, 3.8) is 0 Å². The molecule has 1 heterocycles. The normalized spacial score (nSPS) is 18.7. The highest BCUT2D eigenvalue weighted by Gasteiger charge is 2.40. The van der Waals surface area contributed by atoms with Gasteiger partial charge in [-0.3, -0.25) is 9.53 Å². The Morgan fingerprint density at radius 3 is 2.63 bits per heavy atom. The number of carbonyl (C=O) groups excluding carboxylic acids is 1. The van der Waals surface area contributed by atoms with Crippen LogP contribution in [0.15, 0.2) is 41.1 Å². The lowest BCUT2D eigenvalue weighted by Gasteiger charge is -2.34. The van der Waals surface area contributed by atoms with Crippen LogP contribution >= 0.6 is 11.6 Å². The molecule has 0 atom stereocenters. The Balaban J connectivity index is 1.33. The maximum Gasteiger partial charge on any atom is 0.522 e. The van der Waals surface area contributed by atoms with Gasteiger partial charge >= 0.3 is 6.36 Å². The number of ether oxygens (including phenoxy) is 2. The minimum atomic E-state index is -4.65. The summed E-state index contributed by atoms with van der Waals surface area (Å²) in [4.78, 5) is 16.1. The molecule has 11 heteroatoms. The fourth-order valence-corrected chi connectivity index (χ4v) is 2.88. The number of aromatic nitrogens is 2. The molecule has 0 spiro atoms. The molecule has 1 amide bonds. The number of benzene rings is 1. The number of amides is 1. The summed E-state index contributed by atoms with van der Waals surface area (Å²) in [6, 6.07) is 6.96. The van der Waals surface area contributed by atoms with E-state index in [1.165, 1.54) is 0 Å². The molecule has 1 aromatic heterocycles. The van der Waals surface area contributed by atoms with Crippen LogP contribution in [0.3, 0.4) is 0 Å². The molecule has 3 rings (SSSR count). The fraction of sp³-hybridized carbons (Fsp3) is 0.421. The summed E-state index contributed by atoms with van der Waals surface area (Å²) in [6.07, 6.45) is -5.02. The molecule has 30 heavy (non-hydrogen) atoms. The zero-order chi connectivity index (χ0) is 21.7. The first-order valence-electron chi connectivity index (χ1n) is 9.10. The molecule has 0 unspecified atom stereocenters. The van der Waals surface area contributed by atoms with Gasteiger partial charge in [0.15, 0.2) is 5.82 Å². The van der Waals surface area contributed by atoms with E-state index in [-0.39, 0.29) is 19.4 Å². The summed E-state index contributed by atoms with van der Waals surface area (Å²) in [7, 11) is 0. The van der Waals surface area contributed by atoms with Crippen molar-refractivity contribution in [1.29, 1.82) is 0 Å². The Morgan fingerprint density at radius 2 is 1.97 bits per heavy atom. The van der Waals surface area contributed by atoms with E-state index in [0.29, 0.717) is 35.3 Å². The second-order valence-electron chi connectivity index (χ2n) is 6.76. The Hall–Kier alpha value is -2.43. The molecule has 7 nitrogen and oxygen atoms in total. The quantitative estimate of drug-likeness (QED) is 0.627. The van der Waals surface area contributed by atoms with Crippen LogP contribution in [-0.2, 0) is 20.7 Å². The molecular formula is C19H19ClF3N3O4. The monoisotopic (exact) mass is 445 g/mol. The molecule has 1 fully saturated rings. The topological polar surface area (TPSA) is 86.5 Å². The van der Waals surface area contributed by atoms with Gasteiger partial charge in [-0.05, 0) is 30.7 Å². The van der Waals surface area contributed by atoms with E-state index in [4.69, 9.17) is 20.9 Å². The number of nitrogens with zero attached hydrogens (tertiary/aromatic N) is 2. The second kappa shape index (κ2) is 9.59. The van der Waals surface area contributed by atoms with E-state index in [1.807, 2.05) is 0 Å². The molecule has 1 aliphatic rings. The van der Waals surface area contributed by atoms with Crippen molar-refractivity contribution in [3.05, 3.63) is 47.4 Å². The average molecular weight is 446 g/mol. The second-order valence-corrected chi connectivity index (χ2v) is 7.20. The zero-order valence-corrected chi connectivity index (χ0v) is 16.5. The van der Waals surface area contributed by atoms with Gasteiger partial charge < -0.3 is 14.6 Å². The highest BCUT2D eigenvalue weighted by Crippen LogP contribution is 2.32. The summed E-state index contributed by atoms with van der Waals surface area (Å²) in [5.41, 5.74) is 1.18. The van der Waals surface area contributed by atoms with Crippen molar-refractivity contribution in [2.45, 2.75) is 44.3 Å². The molecule has 0 bridgehead atoms. The lowest BCUT2D eigenvalue weighted by molar-refractivity contribution is -0.357. The summed E-state index contributed by atoms with van der Waals surface area (Å²) in [6.45, 7) is 3.49. The lowest BCUT2D eigenvalue weighted by Crippen LogP contribution is -2.42. The van der Waals surface area contributed by atoms with Crippen LogP contribution in [0.25, 0.3) is 11.5 Å². The molecule has 1 aromatic carbocycles. The van der Waals surface area contributed by atoms with E-state index in [0.717, 1.165) is 5.56 Å². The van der Waals surface area contributed by atoms with Crippen LogP contribution in [-0.4, -0.2) is 41.2 Å². The van der Waals surface area contributed by atoms with Crippen molar-refractivity contribution in [3.8, 4) is 11.5 Å².